The van der Waals surface area contributed by atoms with E-state index in [-0.39, 0.29) is 29.3 Å². The number of rotatable bonds is 0. The standard InChI is InChI=1S/C10H16O2/c1-10(2,3)7-4-8(11)6-9(12)5-7/h7H,4-6H2,1-3H3. The van der Waals surface area contributed by atoms with Crippen molar-refractivity contribution in [2.75, 3.05) is 0 Å². The quantitative estimate of drug-likeness (QED) is 0.518. The fourth-order valence-electron chi connectivity index (χ4n) is 1.60. The van der Waals surface area contributed by atoms with Gasteiger partial charge in [-0.1, -0.05) is 20.8 Å². The second-order valence-electron chi connectivity index (χ2n) is 4.73. The third kappa shape index (κ3) is 2.16. The van der Waals surface area contributed by atoms with Crippen molar-refractivity contribution in [1.29, 1.82) is 0 Å². The van der Waals surface area contributed by atoms with Crippen LogP contribution >= 0.6 is 0 Å². The first-order valence-electron chi connectivity index (χ1n) is 4.43. The second-order valence-corrected chi connectivity index (χ2v) is 4.73. The molecule has 2 nitrogen and oxygen atoms in total. The molecule has 0 spiro atoms. The Morgan fingerprint density at radius 3 is 1.83 bits per heavy atom. The first-order valence-corrected chi connectivity index (χ1v) is 4.43. The van der Waals surface area contributed by atoms with Crippen molar-refractivity contribution in [3.63, 3.8) is 0 Å². The Morgan fingerprint density at radius 1 is 1.08 bits per heavy atom. The molecule has 0 heterocycles. The van der Waals surface area contributed by atoms with E-state index in [0.717, 1.165) is 0 Å². The summed E-state index contributed by atoms with van der Waals surface area (Å²) < 4.78 is 0. The molecule has 0 unspecified atom stereocenters. The molecule has 1 aliphatic rings. The number of Topliss-reactive ketones (excluding diaryl/α,β-unsaturated/α-hetero) is 2. The highest BCUT2D eigenvalue weighted by atomic mass is 16.1. The molecule has 12 heavy (non-hydrogen) atoms. The van der Waals surface area contributed by atoms with E-state index in [1.807, 2.05) is 0 Å². The van der Waals surface area contributed by atoms with Gasteiger partial charge in [0, 0.05) is 12.8 Å². The third-order valence-corrected chi connectivity index (χ3v) is 2.57. The molecule has 0 saturated heterocycles. The minimum atomic E-state index is 0.0890. The van der Waals surface area contributed by atoms with Gasteiger partial charge in [-0.05, 0) is 11.3 Å². The van der Waals surface area contributed by atoms with Gasteiger partial charge in [-0.3, -0.25) is 9.59 Å². The molecule has 0 aromatic heterocycles. The second kappa shape index (κ2) is 3.00. The van der Waals surface area contributed by atoms with E-state index in [1.165, 1.54) is 0 Å². The average Bonchev–Trinajstić information content (AvgIpc) is 1.82. The maximum atomic E-state index is 11.1. The Kier molecular flexibility index (Phi) is 2.36. The molecular formula is C10H16O2. The summed E-state index contributed by atoms with van der Waals surface area (Å²) in [5.41, 5.74) is 0.0890. The van der Waals surface area contributed by atoms with E-state index >= 15 is 0 Å². The van der Waals surface area contributed by atoms with E-state index in [1.54, 1.807) is 0 Å². The molecule has 0 N–H and O–H groups in total. The van der Waals surface area contributed by atoms with Gasteiger partial charge in [0.05, 0.1) is 6.42 Å². The van der Waals surface area contributed by atoms with Gasteiger partial charge in [0.1, 0.15) is 11.6 Å². The lowest BCUT2D eigenvalue weighted by atomic mass is 9.72. The predicted octanol–water partition coefficient (Wildman–Crippen LogP) is 1.97. The van der Waals surface area contributed by atoms with E-state index < -0.39 is 0 Å². The van der Waals surface area contributed by atoms with Gasteiger partial charge >= 0.3 is 0 Å². The topological polar surface area (TPSA) is 34.1 Å². The Labute approximate surface area is 73.3 Å². The summed E-state index contributed by atoms with van der Waals surface area (Å²) in [5, 5.41) is 0. The molecule has 1 saturated carbocycles. The van der Waals surface area contributed by atoms with E-state index in [9.17, 15) is 9.59 Å². The molecule has 1 aliphatic carbocycles. The average molecular weight is 168 g/mol. The van der Waals surface area contributed by atoms with Crippen LogP contribution in [0, 0.1) is 11.3 Å². The highest BCUT2D eigenvalue weighted by molar-refractivity contribution is 6.01. The third-order valence-electron chi connectivity index (χ3n) is 2.57. The summed E-state index contributed by atoms with van der Waals surface area (Å²) in [6.07, 6.45) is 1.36. The summed E-state index contributed by atoms with van der Waals surface area (Å²) in [6, 6.07) is 0. The van der Waals surface area contributed by atoms with E-state index in [4.69, 9.17) is 0 Å². The number of ketones is 2. The zero-order valence-corrected chi connectivity index (χ0v) is 8.02. The molecule has 1 rings (SSSR count). The highest BCUT2D eigenvalue weighted by Gasteiger charge is 2.33. The number of hydrogen-bond acceptors (Lipinski definition) is 2. The van der Waals surface area contributed by atoms with Crippen LogP contribution in [0.4, 0.5) is 0 Å². The number of hydrogen-bond donors (Lipinski definition) is 0. The molecule has 0 radical (unpaired) electrons. The molecule has 0 amide bonds. The van der Waals surface area contributed by atoms with Crippen LogP contribution in [-0.2, 0) is 9.59 Å². The van der Waals surface area contributed by atoms with Crippen molar-refractivity contribution in [3.8, 4) is 0 Å². The van der Waals surface area contributed by atoms with Crippen molar-refractivity contribution in [2.24, 2.45) is 11.3 Å². The van der Waals surface area contributed by atoms with Crippen LogP contribution in [-0.4, -0.2) is 11.6 Å². The SMILES string of the molecule is CC(C)(C)C1CC(=O)CC(=O)C1. The highest BCUT2D eigenvalue weighted by Crippen LogP contribution is 2.34. The molecule has 1 fully saturated rings. The van der Waals surface area contributed by atoms with E-state index in [0.29, 0.717) is 12.8 Å². The first kappa shape index (κ1) is 9.43. The van der Waals surface area contributed by atoms with Gasteiger partial charge in [-0.15, -0.1) is 0 Å². The fraction of sp³-hybridized carbons (Fsp3) is 0.800. The normalized spacial score (nSPS) is 21.6. The Morgan fingerprint density at radius 2 is 1.50 bits per heavy atom. The van der Waals surface area contributed by atoms with E-state index in [2.05, 4.69) is 20.8 Å². The number of carbonyl (C=O) groups is 2. The molecule has 0 bridgehead atoms. The van der Waals surface area contributed by atoms with Crippen LogP contribution < -0.4 is 0 Å². The molecule has 68 valence electrons. The predicted molar refractivity (Wildman–Crippen MR) is 46.8 cm³/mol. The minimum absolute atomic E-state index is 0.0890. The lowest BCUT2D eigenvalue weighted by Crippen LogP contribution is -2.31. The lowest BCUT2D eigenvalue weighted by molar-refractivity contribution is -0.132. The summed E-state index contributed by atoms with van der Waals surface area (Å²) in [5.74, 6) is 0.489. The minimum Gasteiger partial charge on any atom is -0.299 e. The van der Waals surface area contributed by atoms with Crippen molar-refractivity contribution in [3.05, 3.63) is 0 Å². The monoisotopic (exact) mass is 168 g/mol. The molecule has 2 heteroatoms. The summed E-state index contributed by atoms with van der Waals surface area (Å²) in [7, 11) is 0. The largest absolute Gasteiger partial charge is 0.299 e. The Balaban J connectivity index is 2.68. The molecule has 0 aromatic rings. The molecule has 0 aromatic carbocycles. The van der Waals surface area contributed by atoms with Gasteiger partial charge in [0.2, 0.25) is 0 Å². The van der Waals surface area contributed by atoms with Gasteiger partial charge in [0.15, 0.2) is 0 Å². The molecular weight excluding hydrogens is 152 g/mol. The zero-order chi connectivity index (χ0) is 9.35. The van der Waals surface area contributed by atoms with Crippen molar-refractivity contribution < 1.29 is 9.59 Å². The van der Waals surface area contributed by atoms with Gasteiger partial charge in [-0.2, -0.15) is 0 Å². The van der Waals surface area contributed by atoms with Gasteiger partial charge in [-0.25, -0.2) is 0 Å². The van der Waals surface area contributed by atoms with Crippen LogP contribution in [0.1, 0.15) is 40.0 Å². The van der Waals surface area contributed by atoms with Crippen molar-refractivity contribution >= 4 is 11.6 Å². The van der Waals surface area contributed by atoms with Crippen LogP contribution in [0.5, 0.6) is 0 Å². The zero-order valence-electron chi connectivity index (χ0n) is 8.02. The summed E-state index contributed by atoms with van der Waals surface area (Å²) in [4.78, 5) is 22.2. The summed E-state index contributed by atoms with van der Waals surface area (Å²) in [6.45, 7) is 6.26. The van der Waals surface area contributed by atoms with Crippen LogP contribution in [0.3, 0.4) is 0 Å². The number of carbonyl (C=O) groups excluding carboxylic acids is 2. The van der Waals surface area contributed by atoms with Gasteiger partial charge < -0.3 is 0 Å². The fourth-order valence-corrected chi connectivity index (χ4v) is 1.60. The Hall–Kier alpha value is -0.660. The van der Waals surface area contributed by atoms with Crippen molar-refractivity contribution in [2.45, 2.75) is 40.0 Å². The maximum Gasteiger partial charge on any atom is 0.140 e. The smallest absolute Gasteiger partial charge is 0.140 e. The van der Waals surface area contributed by atoms with Crippen LogP contribution in [0.15, 0.2) is 0 Å². The van der Waals surface area contributed by atoms with Crippen molar-refractivity contribution in [1.82, 2.24) is 0 Å². The first-order chi connectivity index (χ1) is 5.39. The van der Waals surface area contributed by atoms with Gasteiger partial charge in [0.25, 0.3) is 0 Å². The summed E-state index contributed by atoms with van der Waals surface area (Å²) >= 11 is 0. The van der Waals surface area contributed by atoms with Crippen LogP contribution in [0.2, 0.25) is 0 Å². The molecule has 0 atom stereocenters. The maximum absolute atomic E-state index is 11.1. The molecule has 0 aliphatic heterocycles. The van der Waals surface area contributed by atoms with Crippen LogP contribution in [0.25, 0.3) is 0 Å². The lowest BCUT2D eigenvalue weighted by Gasteiger charge is -2.32. The Bertz CT molecular complexity index is 194.